The van der Waals surface area contributed by atoms with Crippen LogP contribution in [0.3, 0.4) is 0 Å². The third-order valence-corrected chi connectivity index (χ3v) is 2.28. The Morgan fingerprint density at radius 2 is 2.18 bits per heavy atom. The topological polar surface area (TPSA) is 49.8 Å². The van der Waals surface area contributed by atoms with E-state index < -0.39 is 11.9 Å². The smallest absolute Gasteiger partial charge is 0.259 e. The number of carbonyl (C=O) groups is 1. The zero-order valence-corrected chi connectivity index (χ0v) is 10.1. The molecule has 0 aliphatic carbocycles. The predicted octanol–water partition coefficient (Wildman–Crippen LogP) is 1.35. The van der Waals surface area contributed by atoms with E-state index in [0.29, 0.717) is 5.56 Å². The van der Waals surface area contributed by atoms with Crippen LogP contribution >= 0.6 is 0 Å². The summed E-state index contributed by atoms with van der Waals surface area (Å²) >= 11 is 0. The van der Waals surface area contributed by atoms with Crippen molar-refractivity contribution in [1.82, 2.24) is 4.90 Å². The van der Waals surface area contributed by atoms with Crippen molar-refractivity contribution >= 4 is 5.91 Å². The molecule has 0 spiro atoms. The van der Waals surface area contributed by atoms with Gasteiger partial charge in [-0.1, -0.05) is 0 Å². The molecule has 1 aromatic rings. The van der Waals surface area contributed by atoms with Crippen LogP contribution in [0.25, 0.3) is 0 Å². The van der Waals surface area contributed by atoms with Crippen molar-refractivity contribution < 1.29 is 19.0 Å². The van der Waals surface area contributed by atoms with Crippen LogP contribution in [0.4, 0.5) is 4.39 Å². The third kappa shape index (κ3) is 3.71. The summed E-state index contributed by atoms with van der Waals surface area (Å²) in [5.74, 6) is -0.511. The molecule has 94 valence electrons. The van der Waals surface area contributed by atoms with Crippen LogP contribution in [0.1, 0.15) is 18.6 Å². The zero-order valence-electron chi connectivity index (χ0n) is 10.1. The van der Waals surface area contributed by atoms with E-state index in [9.17, 15) is 14.3 Å². The van der Waals surface area contributed by atoms with Gasteiger partial charge in [-0.3, -0.25) is 4.79 Å². The number of aliphatic hydroxyl groups excluding tert-OH is 1. The van der Waals surface area contributed by atoms with Crippen molar-refractivity contribution in [2.45, 2.75) is 13.0 Å². The Morgan fingerprint density at radius 3 is 2.71 bits per heavy atom. The lowest BCUT2D eigenvalue weighted by Crippen LogP contribution is -2.27. The molecular formula is C12H16FNO3. The molecule has 1 N–H and O–H groups in total. The number of ether oxygens (including phenoxy) is 1. The minimum absolute atomic E-state index is 0.184. The summed E-state index contributed by atoms with van der Waals surface area (Å²) in [5.41, 5.74) is 0.456. The largest absolute Gasteiger partial charge is 0.483 e. The van der Waals surface area contributed by atoms with Crippen LogP contribution in [0.5, 0.6) is 5.75 Å². The number of hydrogen-bond donors (Lipinski definition) is 1. The number of amides is 1. The number of rotatable bonds is 4. The van der Waals surface area contributed by atoms with E-state index in [1.807, 2.05) is 0 Å². The van der Waals surface area contributed by atoms with Crippen LogP contribution in [0.15, 0.2) is 18.2 Å². The molecular weight excluding hydrogens is 225 g/mol. The molecule has 0 fully saturated rings. The summed E-state index contributed by atoms with van der Waals surface area (Å²) in [6, 6.07) is 3.84. The molecule has 17 heavy (non-hydrogen) atoms. The first-order chi connectivity index (χ1) is 7.91. The van der Waals surface area contributed by atoms with Gasteiger partial charge in [-0.05, 0) is 19.1 Å². The van der Waals surface area contributed by atoms with Crippen molar-refractivity contribution in [3.8, 4) is 5.75 Å². The summed E-state index contributed by atoms with van der Waals surface area (Å²) in [7, 11) is 3.21. The van der Waals surface area contributed by atoms with E-state index in [0.717, 1.165) is 6.07 Å². The highest BCUT2D eigenvalue weighted by Gasteiger charge is 2.12. The van der Waals surface area contributed by atoms with Gasteiger partial charge in [-0.25, -0.2) is 4.39 Å². The van der Waals surface area contributed by atoms with Gasteiger partial charge in [0.15, 0.2) is 6.61 Å². The highest BCUT2D eigenvalue weighted by molar-refractivity contribution is 5.77. The summed E-state index contributed by atoms with van der Waals surface area (Å²) in [6.07, 6.45) is -0.778. The van der Waals surface area contributed by atoms with E-state index in [4.69, 9.17) is 4.74 Å². The van der Waals surface area contributed by atoms with Crippen LogP contribution < -0.4 is 4.74 Å². The average Bonchev–Trinajstić information content (AvgIpc) is 2.25. The first-order valence-corrected chi connectivity index (χ1v) is 5.22. The van der Waals surface area contributed by atoms with Crippen LogP contribution in [0.2, 0.25) is 0 Å². The van der Waals surface area contributed by atoms with Crippen LogP contribution in [-0.2, 0) is 4.79 Å². The number of carbonyl (C=O) groups excluding carboxylic acids is 1. The lowest BCUT2D eigenvalue weighted by atomic mass is 10.1. The lowest BCUT2D eigenvalue weighted by Gasteiger charge is -2.15. The molecule has 0 unspecified atom stereocenters. The van der Waals surface area contributed by atoms with Crippen LogP contribution in [0, 0.1) is 5.82 Å². The monoisotopic (exact) mass is 241 g/mol. The first kappa shape index (κ1) is 13.4. The molecule has 1 rings (SSSR count). The quantitative estimate of drug-likeness (QED) is 0.865. The lowest BCUT2D eigenvalue weighted by molar-refractivity contribution is -0.130. The highest BCUT2D eigenvalue weighted by Crippen LogP contribution is 2.25. The SMILES string of the molecule is C[C@H](O)c1ccc(F)cc1OCC(=O)N(C)C. The van der Waals surface area contributed by atoms with Gasteiger partial charge in [-0.2, -0.15) is 0 Å². The second-order valence-corrected chi connectivity index (χ2v) is 3.93. The third-order valence-electron chi connectivity index (χ3n) is 2.28. The fourth-order valence-electron chi connectivity index (χ4n) is 1.25. The molecule has 0 saturated heterocycles. The Morgan fingerprint density at radius 1 is 1.53 bits per heavy atom. The molecule has 0 radical (unpaired) electrons. The van der Waals surface area contributed by atoms with Gasteiger partial charge < -0.3 is 14.7 Å². The number of hydrogen-bond acceptors (Lipinski definition) is 3. The second kappa shape index (κ2) is 5.63. The molecule has 0 heterocycles. The highest BCUT2D eigenvalue weighted by atomic mass is 19.1. The zero-order chi connectivity index (χ0) is 13.0. The van der Waals surface area contributed by atoms with Gasteiger partial charge in [0.1, 0.15) is 11.6 Å². The molecule has 0 bridgehead atoms. The Labute approximate surface area is 99.6 Å². The summed E-state index contributed by atoms with van der Waals surface area (Å²) in [4.78, 5) is 12.7. The molecule has 0 aromatic heterocycles. The van der Waals surface area contributed by atoms with Gasteiger partial charge in [0.25, 0.3) is 5.91 Å². The van der Waals surface area contributed by atoms with Crippen LogP contribution in [-0.4, -0.2) is 36.6 Å². The molecule has 1 aromatic carbocycles. The molecule has 4 nitrogen and oxygen atoms in total. The van der Waals surface area contributed by atoms with Gasteiger partial charge in [0.05, 0.1) is 6.10 Å². The molecule has 5 heteroatoms. The van der Waals surface area contributed by atoms with Crippen molar-refractivity contribution in [1.29, 1.82) is 0 Å². The number of likely N-dealkylation sites (N-methyl/N-ethyl adjacent to an activating group) is 1. The normalized spacial score (nSPS) is 12.1. The second-order valence-electron chi connectivity index (χ2n) is 3.93. The minimum Gasteiger partial charge on any atom is -0.483 e. The Balaban J connectivity index is 2.82. The standard InChI is InChI=1S/C12H16FNO3/c1-8(15)10-5-4-9(13)6-11(10)17-7-12(16)14(2)3/h4-6,8,15H,7H2,1-3H3/t8-/m0/s1. The Kier molecular flexibility index (Phi) is 4.45. The molecule has 0 aliphatic heterocycles. The maximum absolute atomic E-state index is 13.0. The van der Waals surface area contributed by atoms with E-state index in [1.165, 1.54) is 17.0 Å². The summed E-state index contributed by atoms with van der Waals surface area (Å²) in [6.45, 7) is 1.37. The first-order valence-electron chi connectivity index (χ1n) is 5.22. The molecule has 1 amide bonds. The number of benzene rings is 1. The molecule has 0 aliphatic rings. The van der Waals surface area contributed by atoms with Crippen molar-refractivity contribution in [3.05, 3.63) is 29.6 Å². The van der Waals surface area contributed by atoms with E-state index in [1.54, 1.807) is 21.0 Å². The number of aliphatic hydroxyl groups is 1. The maximum Gasteiger partial charge on any atom is 0.259 e. The fourth-order valence-corrected chi connectivity index (χ4v) is 1.25. The minimum atomic E-state index is -0.778. The fraction of sp³-hybridized carbons (Fsp3) is 0.417. The summed E-state index contributed by atoms with van der Waals surface area (Å²) in [5, 5.41) is 9.47. The van der Waals surface area contributed by atoms with E-state index >= 15 is 0 Å². The van der Waals surface area contributed by atoms with Gasteiger partial charge in [0.2, 0.25) is 0 Å². The average molecular weight is 241 g/mol. The van der Waals surface area contributed by atoms with Gasteiger partial charge in [-0.15, -0.1) is 0 Å². The maximum atomic E-state index is 13.0. The molecule has 0 saturated carbocycles. The van der Waals surface area contributed by atoms with Crippen molar-refractivity contribution in [2.75, 3.05) is 20.7 Å². The van der Waals surface area contributed by atoms with Crippen molar-refractivity contribution in [3.63, 3.8) is 0 Å². The Bertz CT molecular complexity index is 405. The van der Waals surface area contributed by atoms with E-state index in [-0.39, 0.29) is 18.3 Å². The number of halogens is 1. The van der Waals surface area contributed by atoms with Gasteiger partial charge >= 0.3 is 0 Å². The summed E-state index contributed by atoms with van der Waals surface area (Å²) < 4.78 is 18.2. The Hall–Kier alpha value is -1.62. The molecule has 1 atom stereocenters. The van der Waals surface area contributed by atoms with Gasteiger partial charge in [0, 0.05) is 25.7 Å². The van der Waals surface area contributed by atoms with E-state index in [2.05, 4.69) is 0 Å². The predicted molar refractivity (Wildman–Crippen MR) is 61.2 cm³/mol. The number of nitrogens with zero attached hydrogens (tertiary/aromatic N) is 1. The van der Waals surface area contributed by atoms with Crippen molar-refractivity contribution in [2.24, 2.45) is 0 Å².